The van der Waals surface area contributed by atoms with Crippen molar-refractivity contribution in [1.29, 1.82) is 0 Å². The highest BCUT2D eigenvalue weighted by Gasteiger charge is 2.17. The number of benzene rings is 1. The Labute approximate surface area is 92.5 Å². The summed E-state index contributed by atoms with van der Waals surface area (Å²) in [6, 6.07) is 1.43. The van der Waals surface area contributed by atoms with Crippen molar-refractivity contribution in [1.82, 2.24) is 0 Å². The lowest BCUT2D eigenvalue weighted by Crippen LogP contribution is -2.12. The summed E-state index contributed by atoms with van der Waals surface area (Å²) in [6.07, 6.45) is 1.32. The lowest BCUT2D eigenvalue weighted by atomic mass is 9.99. The third kappa shape index (κ3) is 2.49. The second-order valence-electron chi connectivity index (χ2n) is 3.60. The van der Waals surface area contributed by atoms with E-state index in [9.17, 15) is 14.3 Å². The van der Waals surface area contributed by atoms with Crippen LogP contribution in [0.5, 0.6) is 5.75 Å². The van der Waals surface area contributed by atoms with Gasteiger partial charge >= 0.3 is 5.97 Å². The molecule has 1 aromatic rings. The topological polar surface area (TPSA) is 83.6 Å². The van der Waals surface area contributed by atoms with E-state index in [0.29, 0.717) is 6.42 Å². The van der Waals surface area contributed by atoms with Crippen molar-refractivity contribution in [3.8, 4) is 5.75 Å². The van der Waals surface area contributed by atoms with E-state index in [-0.39, 0.29) is 11.1 Å². The molecule has 0 unspecified atom stereocenters. The summed E-state index contributed by atoms with van der Waals surface area (Å²) >= 11 is 0. The molecule has 88 valence electrons. The van der Waals surface area contributed by atoms with Crippen molar-refractivity contribution in [3.63, 3.8) is 0 Å². The van der Waals surface area contributed by atoms with Crippen LogP contribution < -0.4 is 5.73 Å². The number of phenolic OH excluding ortho intramolecular Hbond substituents is 1. The van der Waals surface area contributed by atoms with Gasteiger partial charge in [-0.2, -0.15) is 0 Å². The molecule has 4 N–H and O–H groups in total. The maximum atomic E-state index is 13.2. The third-order valence-corrected chi connectivity index (χ3v) is 2.34. The molecular weight excluding hydrogens is 213 g/mol. The molecule has 1 rings (SSSR count). The molecule has 1 atom stereocenters. The van der Waals surface area contributed by atoms with Crippen molar-refractivity contribution in [2.45, 2.75) is 25.8 Å². The van der Waals surface area contributed by atoms with Gasteiger partial charge < -0.3 is 15.9 Å². The van der Waals surface area contributed by atoms with Gasteiger partial charge in [-0.25, -0.2) is 9.18 Å². The summed E-state index contributed by atoms with van der Waals surface area (Å²) in [5.74, 6) is -2.77. The largest absolute Gasteiger partial charge is 0.505 e. The number of hydrogen-bond acceptors (Lipinski definition) is 3. The number of aromatic hydroxyl groups is 1. The lowest BCUT2D eigenvalue weighted by molar-refractivity contribution is 0.0696. The van der Waals surface area contributed by atoms with Gasteiger partial charge in [-0.15, -0.1) is 0 Å². The number of rotatable bonds is 4. The molecule has 0 amide bonds. The number of halogens is 1. The predicted octanol–water partition coefficient (Wildman–Crippen LogP) is 2.03. The van der Waals surface area contributed by atoms with Gasteiger partial charge in [0.2, 0.25) is 0 Å². The SMILES string of the molecule is CCC[C@@H](N)c1cc(C(=O)O)cc(F)c1O. The number of hydrogen-bond donors (Lipinski definition) is 3. The maximum absolute atomic E-state index is 13.2. The molecule has 1 aromatic carbocycles. The molecule has 0 saturated heterocycles. The van der Waals surface area contributed by atoms with Crippen molar-refractivity contribution < 1.29 is 19.4 Å². The second-order valence-corrected chi connectivity index (χ2v) is 3.60. The summed E-state index contributed by atoms with van der Waals surface area (Å²) in [5, 5.41) is 18.2. The van der Waals surface area contributed by atoms with Crippen LogP contribution in [-0.4, -0.2) is 16.2 Å². The standard InChI is InChI=1S/C11H14FNO3/c1-2-3-9(13)7-4-6(11(15)16)5-8(12)10(7)14/h4-5,9,14H,2-3,13H2,1H3,(H,15,16)/t9-/m1/s1. The van der Waals surface area contributed by atoms with E-state index in [1.807, 2.05) is 6.92 Å². The first-order valence-electron chi connectivity index (χ1n) is 4.98. The molecule has 0 bridgehead atoms. The quantitative estimate of drug-likeness (QED) is 0.734. The van der Waals surface area contributed by atoms with Crippen molar-refractivity contribution in [2.24, 2.45) is 5.73 Å². The van der Waals surface area contributed by atoms with Gasteiger partial charge in [-0.05, 0) is 18.6 Å². The molecule has 0 fully saturated rings. The van der Waals surface area contributed by atoms with Crippen LogP contribution in [-0.2, 0) is 0 Å². The van der Waals surface area contributed by atoms with E-state index in [0.717, 1.165) is 12.5 Å². The van der Waals surface area contributed by atoms with E-state index < -0.39 is 23.6 Å². The van der Waals surface area contributed by atoms with Crippen molar-refractivity contribution in [3.05, 3.63) is 29.1 Å². The van der Waals surface area contributed by atoms with E-state index in [1.165, 1.54) is 6.07 Å². The van der Waals surface area contributed by atoms with Crippen LogP contribution >= 0.6 is 0 Å². The van der Waals surface area contributed by atoms with Gasteiger partial charge in [0.25, 0.3) is 0 Å². The minimum Gasteiger partial charge on any atom is -0.505 e. The Kier molecular flexibility index (Phi) is 3.84. The smallest absolute Gasteiger partial charge is 0.335 e. The van der Waals surface area contributed by atoms with Crippen LogP contribution in [0.2, 0.25) is 0 Å². The minimum atomic E-state index is -1.25. The fourth-order valence-electron chi connectivity index (χ4n) is 1.49. The number of phenols is 1. The lowest BCUT2D eigenvalue weighted by Gasteiger charge is -2.13. The molecule has 0 spiro atoms. The molecule has 16 heavy (non-hydrogen) atoms. The van der Waals surface area contributed by atoms with E-state index in [1.54, 1.807) is 0 Å². The van der Waals surface area contributed by atoms with Crippen molar-refractivity contribution in [2.75, 3.05) is 0 Å². The molecule has 5 heteroatoms. The average Bonchev–Trinajstić information content (AvgIpc) is 2.21. The summed E-state index contributed by atoms with van der Waals surface area (Å²) in [6.45, 7) is 1.90. The second kappa shape index (κ2) is 4.94. The van der Waals surface area contributed by atoms with E-state index >= 15 is 0 Å². The Morgan fingerprint density at radius 3 is 2.69 bits per heavy atom. The molecule has 0 aliphatic heterocycles. The molecule has 0 radical (unpaired) electrons. The van der Waals surface area contributed by atoms with Crippen molar-refractivity contribution >= 4 is 5.97 Å². The minimum absolute atomic E-state index is 0.138. The Hall–Kier alpha value is -1.62. The van der Waals surface area contributed by atoms with Crippen LogP contribution in [0.1, 0.15) is 41.7 Å². The number of nitrogens with two attached hydrogens (primary N) is 1. The fourth-order valence-corrected chi connectivity index (χ4v) is 1.49. The zero-order valence-electron chi connectivity index (χ0n) is 8.90. The highest BCUT2D eigenvalue weighted by atomic mass is 19.1. The fraction of sp³-hybridized carbons (Fsp3) is 0.364. The highest BCUT2D eigenvalue weighted by molar-refractivity contribution is 5.88. The number of carbonyl (C=O) groups is 1. The van der Waals surface area contributed by atoms with Gasteiger partial charge in [0, 0.05) is 11.6 Å². The zero-order chi connectivity index (χ0) is 12.3. The van der Waals surface area contributed by atoms with Gasteiger partial charge in [-0.3, -0.25) is 0 Å². The monoisotopic (exact) mass is 227 g/mol. The molecule has 0 aromatic heterocycles. The Morgan fingerprint density at radius 2 is 2.19 bits per heavy atom. The first-order valence-corrected chi connectivity index (χ1v) is 4.98. The van der Waals surface area contributed by atoms with E-state index in [2.05, 4.69) is 0 Å². The summed E-state index contributed by atoms with van der Waals surface area (Å²) in [5.41, 5.74) is 5.65. The van der Waals surface area contributed by atoms with Gasteiger partial charge in [-0.1, -0.05) is 13.3 Å². The molecule has 0 aliphatic carbocycles. The third-order valence-electron chi connectivity index (χ3n) is 2.34. The van der Waals surface area contributed by atoms with Crippen LogP contribution in [0.3, 0.4) is 0 Å². The first-order chi connectivity index (χ1) is 7.47. The zero-order valence-corrected chi connectivity index (χ0v) is 8.90. The van der Waals surface area contributed by atoms with Gasteiger partial charge in [0.05, 0.1) is 5.56 Å². The van der Waals surface area contributed by atoms with Crippen LogP contribution in [0.15, 0.2) is 12.1 Å². The Balaban J connectivity index is 3.21. The van der Waals surface area contributed by atoms with E-state index in [4.69, 9.17) is 10.8 Å². The highest BCUT2D eigenvalue weighted by Crippen LogP contribution is 2.29. The molecular formula is C11H14FNO3. The Morgan fingerprint density at radius 1 is 1.56 bits per heavy atom. The normalized spacial score (nSPS) is 12.4. The molecule has 0 aliphatic rings. The summed E-state index contributed by atoms with van der Waals surface area (Å²) < 4.78 is 13.2. The maximum Gasteiger partial charge on any atom is 0.335 e. The average molecular weight is 227 g/mol. The number of carboxylic acids is 1. The number of carboxylic acid groups (broad SMARTS) is 1. The molecule has 4 nitrogen and oxygen atoms in total. The number of aromatic carboxylic acids is 1. The van der Waals surface area contributed by atoms with Gasteiger partial charge in [0.15, 0.2) is 11.6 Å². The van der Waals surface area contributed by atoms with Crippen LogP contribution in [0.25, 0.3) is 0 Å². The summed E-state index contributed by atoms with van der Waals surface area (Å²) in [7, 11) is 0. The Bertz CT molecular complexity index is 406. The van der Waals surface area contributed by atoms with Crippen LogP contribution in [0, 0.1) is 5.82 Å². The molecule has 0 heterocycles. The summed E-state index contributed by atoms with van der Waals surface area (Å²) in [4.78, 5) is 10.7. The predicted molar refractivity (Wildman–Crippen MR) is 56.9 cm³/mol. The first kappa shape index (κ1) is 12.4. The van der Waals surface area contributed by atoms with Gasteiger partial charge in [0.1, 0.15) is 0 Å². The molecule has 0 saturated carbocycles. The van der Waals surface area contributed by atoms with Crippen LogP contribution in [0.4, 0.5) is 4.39 Å².